The summed E-state index contributed by atoms with van der Waals surface area (Å²) in [6.45, 7) is 6.32. The first kappa shape index (κ1) is 16.5. The van der Waals surface area contributed by atoms with Gasteiger partial charge in [-0.3, -0.25) is 9.69 Å². The maximum Gasteiger partial charge on any atom is 0.236 e. The molecule has 0 saturated carbocycles. The lowest BCUT2D eigenvalue weighted by atomic mass is 9.98. The van der Waals surface area contributed by atoms with Gasteiger partial charge in [0, 0.05) is 25.6 Å². The van der Waals surface area contributed by atoms with Gasteiger partial charge in [-0.1, -0.05) is 12.1 Å². The lowest BCUT2D eigenvalue weighted by molar-refractivity contribution is -0.139. The first-order valence-corrected chi connectivity index (χ1v) is 9.16. The van der Waals surface area contributed by atoms with E-state index < -0.39 is 0 Å². The Balaban J connectivity index is 1.39. The number of hydrogen-bond donors (Lipinski definition) is 0. The molecule has 2 aliphatic heterocycles. The maximum absolute atomic E-state index is 12.6. The zero-order valence-corrected chi connectivity index (χ0v) is 14.7. The highest BCUT2D eigenvalue weighted by Gasteiger charge is 2.28. The number of oxazole rings is 1. The summed E-state index contributed by atoms with van der Waals surface area (Å²) in [5.41, 5.74) is 1.75. The topological polar surface area (TPSA) is 58.8 Å². The van der Waals surface area contributed by atoms with Crippen LogP contribution in [0.25, 0.3) is 11.1 Å². The predicted octanol–water partition coefficient (Wildman–Crippen LogP) is 2.25. The van der Waals surface area contributed by atoms with Gasteiger partial charge in [0.1, 0.15) is 5.52 Å². The van der Waals surface area contributed by atoms with Crippen LogP contribution in [0.4, 0.5) is 0 Å². The average Bonchev–Trinajstić information content (AvgIpc) is 3.06. The largest absolute Gasteiger partial charge is 0.440 e. The monoisotopic (exact) mass is 343 g/mol. The number of carbonyl (C=O) groups is 1. The molecular weight excluding hydrogens is 318 g/mol. The van der Waals surface area contributed by atoms with E-state index in [1.165, 1.54) is 0 Å². The van der Waals surface area contributed by atoms with Crippen molar-refractivity contribution in [3.8, 4) is 0 Å². The smallest absolute Gasteiger partial charge is 0.236 e. The van der Waals surface area contributed by atoms with Gasteiger partial charge in [0.2, 0.25) is 5.91 Å². The summed E-state index contributed by atoms with van der Waals surface area (Å²) in [5, 5.41) is 0. The summed E-state index contributed by atoms with van der Waals surface area (Å²) in [6, 6.07) is 7.87. The number of benzene rings is 1. The number of likely N-dealkylation sites (tertiary alicyclic amines) is 1. The number of hydrogen-bond acceptors (Lipinski definition) is 5. The van der Waals surface area contributed by atoms with Gasteiger partial charge in [0.25, 0.3) is 0 Å². The summed E-state index contributed by atoms with van der Waals surface area (Å²) in [6.07, 6.45) is 2.26. The Labute approximate surface area is 147 Å². The van der Waals surface area contributed by atoms with Crippen LogP contribution in [-0.4, -0.2) is 66.1 Å². The van der Waals surface area contributed by atoms with Crippen molar-refractivity contribution < 1.29 is 13.9 Å². The molecule has 2 aromatic rings. The van der Waals surface area contributed by atoms with Gasteiger partial charge in [-0.25, -0.2) is 4.98 Å². The van der Waals surface area contributed by atoms with E-state index in [1.807, 2.05) is 36.1 Å². The molecule has 2 aliphatic rings. The van der Waals surface area contributed by atoms with Crippen molar-refractivity contribution in [2.24, 2.45) is 0 Å². The van der Waals surface area contributed by atoms with E-state index >= 15 is 0 Å². The van der Waals surface area contributed by atoms with Crippen LogP contribution in [0.15, 0.2) is 28.7 Å². The Kier molecular flexibility index (Phi) is 4.72. The van der Waals surface area contributed by atoms with Crippen LogP contribution in [0.2, 0.25) is 0 Å². The quantitative estimate of drug-likeness (QED) is 0.855. The molecule has 1 aromatic heterocycles. The zero-order valence-electron chi connectivity index (χ0n) is 14.7. The Morgan fingerprint density at radius 2 is 2.16 bits per heavy atom. The molecule has 0 aliphatic carbocycles. The number of amides is 1. The minimum Gasteiger partial charge on any atom is -0.440 e. The van der Waals surface area contributed by atoms with Crippen molar-refractivity contribution in [2.45, 2.75) is 31.8 Å². The fourth-order valence-corrected chi connectivity index (χ4v) is 3.80. The summed E-state index contributed by atoms with van der Waals surface area (Å²) in [5.74, 6) is 1.27. The minimum atomic E-state index is 0.131. The first-order chi connectivity index (χ1) is 12.2. The molecule has 0 unspecified atom stereocenters. The predicted molar refractivity (Wildman–Crippen MR) is 94.4 cm³/mol. The third-order valence-electron chi connectivity index (χ3n) is 5.12. The van der Waals surface area contributed by atoms with E-state index in [2.05, 4.69) is 9.88 Å². The molecule has 0 bridgehead atoms. The molecule has 6 heteroatoms. The Bertz CT molecular complexity index is 711. The fourth-order valence-electron chi connectivity index (χ4n) is 3.80. The van der Waals surface area contributed by atoms with Crippen LogP contribution in [0.3, 0.4) is 0 Å². The van der Waals surface area contributed by atoms with Crippen molar-refractivity contribution in [3.05, 3.63) is 30.2 Å². The van der Waals surface area contributed by atoms with E-state index in [4.69, 9.17) is 9.15 Å². The molecule has 0 N–H and O–H groups in total. The van der Waals surface area contributed by atoms with Gasteiger partial charge in [0.15, 0.2) is 11.5 Å². The van der Waals surface area contributed by atoms with Crippen LogP contribution in [0.5, 0.6) is 0 Å². The highest BCUT2D eigenvalue weighted by molar-refractivity contribution is 5.78. The third-order valence-corrected chi connectivity index (χ3v) is 5.12. The number of carbonyl (C=O) groups excluding carboxylic acids is 1. The van der Waals surface area contributed by atoms with Crippen molar-refractivity contribution in [2.75, 3.05) is 39.3 Å². The molecule has 1 aromatic carbocycles. The highest BCUT2D eigenvalue weighted by Crippen LogP contribution is 2.28. The van der Waals surface area contributed by atoms with Crippen LogP contribution >= 0.6 is 0 Å². The molecule has 4 rings (SSSR count). The Morgan fingerprint density at radius 3 is 3.00 bits per heavy atom. The normalized spacial score (nSPS) is 25.4. The van der Waals surface area contributed by atoms with E-state index in [-0.39, 0.29) is 17.9 Å². The SMILES string of the molecule is C[C@H]1CN(C(=O)CN2CCC[C@H](c3nc4ccccc4o3)C2)CCO1. The van der Waals surface area contributed by atoms with Gasteiger partial charge in [-0.15, -0.1) is 0 Å². The van der Waals surface area contributed by atoms with Crippen molar-refractivity contribution in [3.63, 3.8) is 0 Å². The molecular formula is C19H25N3O3. The third kappa shape index (κ3) is 3.70. The summed E-state index contributed by atoms with van der Waals surface area (Å²) >= 11 is 0. The second kappa shape index (κ2) is 7.14. The lowest BCUT2D eigenvalue weighted by Gasteiger charge is -2.35. The fraction of sp³-hybridized carbons (Fsp3) is 0.579. The molecule has 0 spiro atoms. The second-order valence-corrected chi connectivity index (χ2v) is 7.12. The molecule has 6 nitrogen and oxygen atoms in total. The highest BCUT2D eigenvalue weighted by atomic mass is 16.5. The van der Waals surface area contributed by atoms with Gasteiger partial charge >= 0.3 is 0 Å². The van der Waals surface area contributed by atoms with E-state index in [0.717, 1.165) is 42.9 Å². The van der Waals surface area contributed by atoms with Gasteiger partial charge < -0.3 is 14.1 Å². The van der Waals surface area contributed by atoms with E-state index in [9.17, 15) is 4.79 Å². The van der Waals surface area contributed by atoms with Gasteiger partial charge in [-0.2, -0.15) is 0 Å². The average molecular weight is 343 g/mol. The standard InChI is InChI=1S/C19H25N3O3/c1-14-11-22(9-10-24-14)18(23)13-21-8-4-5-15(12-21)19-20-16-6-2-3-7-17(16)25-19/h2-3,6-7,14-15H,4-5,8-13H2,1H3/t14-,15-/m0/s1. The number of rotatable bonds is 3. The molecule has 2 atom stereocenters. The number of fused-ring (bicyclic) bond motifs is 1. The molecule has 2 fully saturated rings. The summed E-state index contributed by atoms with van der Waals surface area (Å²) in [7, 11) is 0. The summed E-state index contributed by atoms with van der Waals surface area (Å²) in [4.78, 5) is 21.4. The Hall–Kier alpha value is -1.92. The molecule has 0 radical (unpaired) electrons. The van der Waals surface area contributed by atoms with Crippen molar-refractivity contribution >= 4 is 17.0 Å². The minimum absolute atomic E-state index is 0.131. The first-order valence-electron chi connectivity index (χ1n) is 9.16. The number of morpholine rings is 1. The molecule has 3 heterocycles. The maximum atomic E-state index is 12.6. The number of ether oxygens (including phenoxy) is 1. The Morgan fingerprint density at radius 1 is 1.28 bits per heavy atom. The number of aromatic nitrogens is 1. The molecule has 2 saturated heterocycles. The van der Waals surface area contributed by atoms with Crippen LogP contribution in [0, 0.1) is 0 Å². The number of nitrogens with zero attached hydrogens (tertiary/aromatic N) is 3. The van der Waals surface area contributed by atoms with Gasteiger partial charge in [0.05, 0.1) is 19.3 Å². The van der Waals surface area contributed by atoms with E-state index in [1.54, 1.807) is 0 Å². The molecule has 1 amide bonds. The van der Waals surface area contributed by atoms with Crippen molar-refractivity contribution in [1.29, 1.82) is 0 Å². The molecule has 134 valence electrons. The zero-order chi connectivity index (χ0) is 17.2. The van der Waals surface area contributed by atoms with Crippen LogP contribution in [-0.2, 0) is 9.53 Å². The summed E-state index contributed by atoms with van der Waals surface area (Å²) < 4.78 is 11.5. The second-order valence-electron chi connectivity index (χ2n) is 7.12. The van der Waals surface area contributed by atoms with E-state index in [0.29, 0.717) is 26.2 Å². The van der Waals surface area contributed by atoms with Gasteiger partial charge in [-0.05, 0) is 38.4 Å². The number of piperidine rings is 1. The number of para-hydroxylation sites is 2. The van der Waals surface area contributed by atoms with Crippen LogP contribution < -0.4 is 0 Å². The molecule has 25 heavy (non-hydrogen) atoms. The lowest BCUT2D eigenvalue weighted by Crippen LogP contribution is -2.49. The van der Waals surface area contributed by atoms with Crippen molar-refractivity contribution in [1.82, 2.24) is 14.8 Å². The van der Waals surface area contributed by atoms with Crippen LogP contribution in [0.1, 0.15) is 31.6 Å².